The van der Waals surface area contributed by atoms with Crippen molar-refractivity contribution in [3.8, 4) is 0 Å². The molecule has 1 amide bonds. The predicted molar refractivity (Wildman–Crippen MR) is 64.3 cm³/mol. The summed E-state index contributed by atoms with van der Waals surface area (Å²) in [5, 5.41) is 5.22. The smallest absolute Gasteiger partial charge is 0.321 e. The number of aromatic nitrogens is 2. The molecule has 21 heavy (non-hydrogen) atoms. The van der Waals surface area contributed by atoms with Crippen LogP contribution in [0.3, 0.4) is 0 Å². The average molecular weight is 323 g/mol. The van der Waals surface area contributed by atoms with Gasteiger partial charge in [-0.1, -0.05) is 10.6 Å². The molecule has 1 heterocycles. The molecule has 0 fully saturated rings. The van der Waals surface area contributed by atoms with E-state index in [2.05, 4.69) is 14.9 Å². The summed E-state index contributed by atoms with van der Waals surface area (Å²) < 4.78 is 65.9. The number of nitrogens with zero attached hydrogens (tertiary/aromatic N) is 2. The zero-order valence-corrected chi connectivity index (χ0v) is 10.8. The van der Waals surface area contributed by atoms with E-state index < -0.39 is 34.6 Å². The third-order valence-electron chi connectivity index (χ3n) is 2.37. The van der Waals surface area contributed by atoms with Gasteiger partial charge in [-0.15, -0.1) is 5.10 Å². The molecule has 4 nitrogen and oxygen atoms in total. The lowest BCUT2D eigenvalue weighted by Crippen LogP contribution is -2.13. The van der Waals surface area contributed by atoms with Crippen LogP contribution >= 0.6 is 11.5 Å². The number of nitrogens with one attached hydrogen (secondary N) is 1. The molecule has 1 aromatic carbocycles. The minimum Gasteiger partial charge on any atom is -0.321 e. The van der Waals surface area contributed by atoms with Crippen molar-refractivity contribution in [1.82, 2.24) is 9.59 Å². The van der Waals surface area contributed by atoms with E-state index in [-0.39, 0.29) is 5.69 Å². The number of anilines is 1. The molecule has 0 bridgehead atoms. The van der Waals surface area contributed by atoms with Gasteiger partial charge in [-0.3, -0.25) is 4.79 Å². The highest BCUT2D eigenvalue weighted by molar-refractivity contribution is 7.08. The van der Waals surface area contributed by atoms with Crippen LogP contribution in [0.25, 0.3) is 0 Å². The molecule has 1 N–H and O–H groups in total. The Kier molecular flexibility index (Phi) is 4.16. The topological polar surface area (TPSA) is 54.9 Å². The molecule has 10 heteroatoms. The second-order valence-corrected chi connectivity index (χ2v) is 4.57. The van der Waals surface area contributed by atoms with Crippen LogP contribution in [-0.4, -0.2) is 15.5 Å². The number of carbonyl (C=O) groups excluding carboxylic acids is 1. The van der Waals surface area contributed by atoms with E-state index in [1.807, 2.05) is 0 Å². The van der Waals surface area contributed by atoms with Crippen molar-refractivity contribution >= 4 is 23.1 Å². The van der Waals surface area contributed by atoms with Gasteiger partial charge in [0.05, 0.1) is 5.56 Å². The van der Waals surface area contributed by atoms with Crippen LogP contribution in [0.5, 0.6) is 0 Å². The van der Waals surface area contributed by atoms with Crippen molar-refractivity contribution < 1.29 is 26.7 Å². The van der Waals surface area contributed by atoms with E-state index >= 15 is 0 Å². The van der Waals surface area contributed by atoms with Crippen molar-refractivity contribution in [2.45, 2.75) is 12.6 Å². The Labute approximate surface area is 118 Å². The first kappa shape index (κ1) is 15.3. The van der Waals surface area contributed by atoms with Crippen LogP contribution in [-0.2, 0) is 6.18 Å². The van der Waals surface area contributed by atoms with E-state index in [9.17, 15) is 26.7 Å². The third kappa shape index (κ3) is 3.51. The zero-order chi connectivity index (χ0) is 15.6. The maximum Gasteiger partial charge on any atom is 0.416 e. The van der Waals surface area contributed by atoms with Crippen LogP contribution in [0.15, 0.2) is 24.3 Å². The summed E-state index contributed by atoms with van der Waals surface area (Å²) in [5.41, 5.74) is -1.93. The summed E-state index contributed by atoms with van der Waals surface area (Å²) in [6, 6.07) is 3.84. The highest BCUT2D eigenvalue weighted by Gasteiger charge is 2.30. The average Bonchev–Trinajstić information content (AvgIpc) is 2.87. The van der Waals surface area contributed by atoms with Gasteiger partial charge in [0.1, 0.15) is 4.88 Å². The fourth-order valence-electron chi connectivity index (χ4n) is 1.46. The summed E-state index contributed by atoms with van der Waals surface area (Å²) in [6.45, 7) is 0. The monoisotopic (exact) mass is 323 g/mol. The Balaban J connectivity index is 2.22. The molecule has 0 saturated heterocycles. The van der Waals surface area contributed by atoms with E-state index in [1.165, 1.54) is 6.07 Å². The lowest BCUT2D eigenvalue weighted by Gasteiger charge is -2.09. The van der Waals surface area contributed by atoms with Crippen molar-refractivity contribution in [2.75, 3.05) is 5.32 Å². The molecule has 0 saturated carbocycles. The van der Waals surface area contributed by atoms with E-state index in [4.69, 9.17) is 0 Å². The summed E-state index contributed by atoms with van der Waals surface area (Å²) in [6.07, 6.45) is -7.56. The van der Waals surface area contributed by atoms with Gasteiger partial charge in [0, 0.05) is 5.69 Å². The number of carbonyl (C=O) groups is 1. The van der Waals surface area contributed by atoms with Crippen LogP contribution in [0, 0.1) is 0 Å². The number of hydrogen-bond acceptors (Lipinski definition) is 4. The molecule has 112 valence electrons. The highest BCUT2D eigenvalue weighted by Crippen LogP contribution is 2.31. The molecule has 0 aliphatic rings. The standard InChI is InChI=1S/C11H6F5N3OS/c12-9(13)7-8(21-19-18-7)10(20)17-6-3-1-2-5(4-6)11(14,15)16/h1-4,9H,(H,17,20). The maximum atomic E-state index is 12.6. The molecular weight excluding hydrogens is 317 g/mol. The fourth-order valence-corrected chi connectivity index (χ4v) is 2.03. The summed E-state index contributed by atoms with van der Waals surface area (Å²) >= 11 is 0.440. The lowest BCUT2D eigenvalue weighted by molar-refractivity contribution is -0.137. The number of halogens is 5. The first-order valence-corrected chi connectivity index (χ1v) is 6.15. The normalized spacial score (nSPS) is 11.7. The quantitative estimate of drug-likeness (QED) is 0.875. The number of hydrogen-bond donors (Lipinski definition) is 1. The van der Waals surface area contributed by atoms with Crippen molar-refractivity contribution in [3.05, 3.63) is 40.4 Å². The minimum absolute atomic E-state index is 0.163. The highest BCUT2D eigenvalue weighted by atomic mass is 32.1. The van der Waals surface area contributed by atoms with Gasteiger partial charge in [-0.2, -0.15) is 13.2 Å². The van der Waals surface area contributed by atoms with Crippen molar-refractivity contribution in [1.29, 1.82) is 0 Å². The minimum atomic E-state index is -4.57. The van der Waals surface area contributed by atoms with Gasteiger partial charge in [0.25, 0.3) is 12.3 Å². The Morgan fingerprint density at radius 3 is 2.62 bits per heavy atom. The molecule has 2 rings (SSSR count). The van der Waals surface area contributed by atoms with Crippen LogP contribution in [0.4, 0.5) is 27.6 Å². The molecule has 0 atom stereocenters. The lowest BCUT2D eigenvalue weighted by atomic mass is 10.2. The molecule has 0 aliphatic heterocycles. The Hall–Kier alpha value is -2.10. The second kappa shape index (κ2) is 5.72. The summed E-state index contributed by atoms with van der Waals surface area (Å²) in [4.78, 5) is 11.3. The Morgan fingerprint density at radius 2 is 2.00 bits per heavy atom. The van der Waals surface area contributed by atoms with Gasteiger partial charge in [-0.05, 0) is 29.7 Å². The third-order valence-corrected chi connectivity index (χ3v) is 3.11. The SMILES string of the molecule is O=C(Nc1cccc(C(F)(F)F)c1)c1snnc1C(F)F. The summed E-state index contributed by atoms with van der Waals surface area (Å²) in [5.74, 6) is -0.986. The van der Waals surface area contributed by atoms with Gasteiger partial charge in [0.15, 0.2) is 5.69 Å². The molecular formula is C11H6F5N3OS. The first-order chi connectivity index (χ1) is 9.79. The Morgan fingerprint density at radius 1 is 1.29 bits per heavy atom. The zero-order valence-electron chi connectivity index (χ0n) is 9.99. The molecule has 0 radical (unpaired) electrons. The largest absolute Gasteiger partial charge is 0.416 e. The number of alkyl halides is 5. The van der Waals surface area contributed by atoms with Gasteiger partial charge in [-0.25, -0.2) is 8.78 Å². The number of rotatable bonds is 3. The summed E-state index contributed by atoms with van der Waals surface area (Å²) in [7, 11) is 0. The fraction of sp³-hybridized carbons (Fsp3) is 0.182. The number of benzene rings is 1. The molecule has 0 spiro atoms. The van der Waals surface area contributed by atoms with Crippen molar-refractivity contribution in [3.63, 3.8) is 0 Å². The Bertz CT molecular complexity index is 655. The van der Waals surface area contributed by atoms with E-state index in [0.29, 0.717) is 17.6 Å². The van der Waals surface area contributed by atoms with Gasteiger partial charge >= 0.3 is 6.18 Å². The van der Waals surface area contributed by atoms with Crippen LogP contribution < -0.4 is 5.32 Å². The second-order valence-electron chi connectivity index (χ2n) is 3.82. The van der Waals surface area contributed by atoms with Crippen LogP contribution in [0.2, 0.25) is 0 Å². The number of amides is 1. The molecule has 2 aromatic rings. The van der Waals surface area contributed by atoms with E-state index in [0.717, 1.165) is 12.1 Å². The molecule has 1 aromatic heterocycles. The van der Waals surface area contributed by atoms with Crippen LogP contribution in [0.1, 0.15) is 27.4 Å². The predicted octanol–water partition coefficient (Wildman–Crippen LogP) is 3.75. The first-order valence-electron chi connectivity index (χ1n) is 5.38. The molecule has 0 aliphatic carbocycles. The van der Waals surface area contributed by atoms with E-state index in [1.54, 1.807) is 0 Å². The molecule has 0 unspecified atom stereocenters. The van der Waals surface area contributed by atoms with Crippen molar-refractivity contribution in [2.24, 2.45) is 0 Å². The van der Waals surface area contributed by atoms with Gasteiger partial charge < -0.3 is 5.32 Å². The maximum absolute atomic E-state index is 12.6. The van der Waals surface area contributed by atoms with Gasteiger partial charge in [0.2, 0.25) is 0 Å².